The minimum Gasteiger partial charge on any atom is -0.480 e. The van der Waals surface area contributed by atoms with Gasteiger partial charge in [-0.3, -0.25) is 9.59 Å². The van der Waals surface area contributed by atoms with Gasteiger partial charge in [0.15, 0.2) is 0 Å². The molecule has 6 nitrogen and oxygen atoms in total. The molecule has 0 aromatic rings. The maximum atomic E-state index is 11.9. The molecule has 1 aliphatic carbocycles. The second kappa shape index (κ2) is 5.59. The molecule has 2 aliphatic rings. The van der Waals surface area contributed by atoms with Gasteiger partial charge in [0.2, 0.25) is 11.8 Å². The number of carboxylic acid groups (broad SMARTS) is 1. The lowest BCUT2D eigenvalue weighted by Gasteiger charge is -2.21. The Balaban J connectivity index is 1.72. The Kier molecular flexibility index (Phi) is 4.07. The summed E-state index contributed by atoms with van der Waals surface area (Å²) >= 11 is 0. The van der Waals surface area contributed by atoms with Crippen LogP contribution < -0.4 is 5.32 Å². The van der Waals surface area contributed by atoms with Crippen LogP contribution in [0.3, 0.4) is 0 Å². The molecular weight excluding hydrogens is 248 g/mol. The molecule has 0 spiro atoms. The summed E-state index contributed by atoms with van der Waals surface area (Å²) in [4.78, 5) is 35.8. The minimum absolute atomic E-state index is 0.0107. The Morgan fingerprint density at radius 3 is 2.63 bits per heavy atom. The summed E-state index contributed by atoms with van der Waals surface area (Å²) in [5.74, 6) is -0.563. The smallest absolute Gasteiger partial charge is 0.326 e. The molecule has 2 N–H and O–H groups in total. The van der Waals surface area contributed by atoms with E-state index >= 15 is 0 Å². The molecule has 2 fully saturated rings. The van der Waals surface area contributed by atoms with Gasteiger partial charge >= 0.3 is 5.97 Å². The van der Waals surface area contributed by atoms with Crippen LogP contribution in [0.1, 0.15) is 32.6 Å². The van der Waals surface area contributed by atoms with Crippen LogP contribution in [0.2, 0.25) is 0 Å². The number of nitrogens with one attached hydrogen (secondary N) is 1. The Hall–Kier alpha value is -1.59. The highest BCUT2D eigenvalue weighted by molar-refractivity contribution is 5.85. The van der Waals surface area contributed by atoms with Crippen molar-refractivity contribution < 1.29 is 19.5 Å². The summed E-state index contributed by atoms with van der Waals surface area (Å²) in [5.41, 5.74) is 0. The van der Waals surface area contributed by atoms with Gasteiger partial charge in [0, 0.05) is 25.4 Å². The van der Waals surface area contributed by atoms with E-state index in [0.29, 0.717) is 25.4 Å². The summed E-state index contributed by atoms with van der Waals surface area (Å²) in [7, 11) is 0. The lowest BCUT2D eigenvalue weighted by Crippen LogP contribution is -2.41. The number of rotatable bonds is 5. The Morgan fingerprint density at radius 1 is 1.37 bits per heavy atom. The van der Waals surface area contributed by atoms with Gasteiger partial charge in [-0.2, -0.15) is 0 Å². The van der Waals surface area contributed by atoms with Gasteiger partial charge in [0.05, 0.1) is 0 Å². The standard InChI is InChI=1S/C13H20N2O4/c1-8-7-9(8)12(17)14-5-4-11(16)15-6-2-3-10(15)13(18)19/h8-10H,2-7H2,1H3,(H,14,17)(H,18,19)/t8?,9?,10-/m0/s1. The van der Waals surface area contributed by atoms with E-state index in [-0.39, 0.29) is 24.2 Å². The highest BCUT2D eigenvalue weighted by atomic mass is 16.4. The molecule has 1 heterocycles. The van der Waals surface area contributed by atoms with E-state index in [4.69, 9.17) is 5.11 Å². The van der Waals surface area contributed by atoms with E-state index in [1.807, 2.05) is 6.92 Å². The highest BCUT2D eigenvalue weighted by Gasteiger charge is 2.39. The molecule has 106 valence electrons. The predicted molar refractivity (Wildman–Crippen MR) is 67.3 cm³/mol. The SMILES string of the molecule is CC1CC1C(=O)NCCC(=O)N1CCC[C@H]1C(=O)O. The average molecular weight is 268 g/mol. The Bertz CT molecular complexity index is 396. The number of carboxylic acids is 1. The first-order valence-corrected chi connectivity index (χ1v) is 6.80. The van der Waals surface area contributed by atoms with Crippen LogP contribution in [0.25, 0.3) is 0 Å². The van der Waals surface area contributed by atoms with Crippen molar-refractivity contribution in [2.45, 2.75) is 38.6 Å². The van der Waals surface area contributed by atoms with E-state index in [1.54, 1.807) is 0 Å². The van der Waals surface area contributed by atoms with Crippen LogP contribution in [0.15, 0.2) is 0 Å². The molecule has 0 aromatic heterocycles. The number of amides is 2. The molecule has 1 saturated heterocycles. The van der Waals surface area contributed by atoms with Crippen LogP contribution in [0.5, 0.6) is 0 Å². The second-order valence-electron chi connectivity index (χ2n) is 5.44. The molecular formula is C13H20N2O4. The quantitative estimate of drug-likeness (QED) is 0.747. The normalized spacial score (nSPS) is 29.1. The summed E-state index contributed by atoms with van der Waals surface area (Å²) < 4.78 is 0. The van der Waals surface area contributed by atoms with E-state index < -0.39 is 12.0 Å². The zero-order valence-electron chi connectivity index (χ0n) is 11.1. The Morgan fingerprint density at radius 2 is 2.05 bits per heavy atom. The molecule has 0 bridgehead atoms. The lowest BCUT2D eigenvalue weighted by molar-refractivity contribution is -0.148. The third kappa shape index (κ3) is 3.24. The fourth-order valence-electron chi connectivity index (χ4n) is 2.58. The van der Waals surface area contributed by atoms with E-state index in [9.17, 15) is 14.4 Å². The number of hydrogen-bond donors (Lipinski definition) is 2. The maximum absolute atomic E-state index is 11.9. The number of aliphatic carboxylic acids is 1. The van der Waals surface area contributed by atoms with Gasteiger partial charge in [-0.05, 0) is 25.2 Å². The van der Waals surface area contributed by atoms with Crippen LogP contribution in [-0.4, -0.2) is 46.9 Å². The van der Waals surface area contributed by atoms with Crippen molar-refractivity contribution in [1.29, 1.82) is 0 Å². The predicted octanol–water partition coefficient (Wildman–Crippen LogP) is 0.224. The van der Waals surface area contributed by atoms with Gasteiger partial charge in [-0.15, -0.1) is 0 Å². The van der Waals surface area contributed by atoms with Gasteiger partial charge in [0.1, 0.15) is 6.04 Å². The maximum Gasteiger partial charge on any atom is 0.326 e. The first-order valence-electron chi connectivity index (χ1n) is 6.80. The molecule has 2 unspecified atom stereocenters. The third-order valence-corrected chi connectivity index (χ3v) is 3.94. The van der Waals surface area contributed by atoms with Crippen molar-refractivity contribution in [3.8, 4) is 0 Å². The minimum atomic E-state index is -0.943. The fraction of sp³-hybridized carbons (Fsp3) is 0.769. The zero-order valence-corrected chi connectivity index (χ0v) is 11.1. The Labute approximate surface area is 112 Å². The van der Waals surface area contributed by atoms with Crippen molar-refractivity contribution in [1.82, 2.24) is 10.2 Å². The molecule has 1 saturated carbocycles. The molecule has 0 radical (unpaired) electrons. The third-order valence-electron chi connectivity index (χ3n) is 3.94. The van der Waals surface area contributed by atoms with E-state index in [0.717, 1.165) is 12.8 Å². The highest BCUT2D eigenvalue weighted by Crippen LogP contribution is 2.37. The number of likely N-dealkylation sites (tertiary alicyclic amines) is 1. The van der Waals surface area contributed by atoms with Crippen molar-refractivity contribution >= 4 is 17.8 Å². The monoisotopic (exact) mass is 268 g/mol. The van der Waals surface area contributed by atoms with Crippen LogP contribution in [-0.2, 0) is 14.4 Å². The molecule has 6 heteroatoms. The topological polar surface area (TPSA) is 86.7 Å². The molecule has 1 aliphatic heterocycles. The van der Waals surface area contributed by atoms with Gasteiger partial charge in [0.25, 0.3) is 0 Å². The molecule has 3 atom stereocenters. The first-order chi connectivity index (χ1) is 9.00. The number of hydrogen-bond acceptors (Lipinski definition) is 3. The molecule has 0 aromatic carbocycles. The van der Waals surface area contributed by atoms with E-state index in [1.165, 1.54) is 4.90 Å². The van der Waals surface area contributed by atoms with Gasteiger partial charge < -0.3 is 15.3 Å². The van der Waals surface area contributed by atoms with Crippen molar-refractivity contribution in [3.05, 3.63) is 0 Å². The second-order valence-corrected chi connectivity index (χ2v) is 5.44. The molecule has 2 rings (SSSR count). The fourth-order valence-corrected chi connectivity index (χ4v) is 2.58. The van der Waals surface area contributed by atoms with Crippen LogP contribution >= 0.6 is 0 Å². The van der Waals surface area contributed by atoms with Crippen molar-refractivity contribution in [2.75, 3.05) is 13.1 Å². The zero-order chi connectivity index (χ0) is 14.0. The van der Waals surface area contributed by atoms with Crippen LogP contribution in [0.4, 0.5) is 0 Å². The summed E-state index contributed by atoms with van der Waals surface area (Å²) in [6.07, 6.45) is 2.35. The average Bonchev–Trinajstić information content (AvgIpc) is 2.91. The molecule has 2 amide bonds. The van der Waals surface area contributed by atoms with Gasteiger partial charge in [-0.25, -0.2) is 4.79 Å². The molecule has 19 heavy (non-hydrogen) atoms. The van der Waals surface area contributed by atoms with Crippen molar-refractivity contribution in [3.63, 3.8) is 0 Å². The number of carbonyl (C=O) groups is 3. The summed E-state index contributed by atoms with van der Waals surface area (Å²) in [6, 6.07) is -0.688. The number of nitrogens with zero attached hydrogens (tertiary/aromatic N) is 1. The van der Waals surface area contributed by atoms with Gasteiger partial charge in [-0.1, -0.05) is 6.92 Å². The van der Waals surface area contributed by atoms with Crippen molar-refractivity contribution in [2.24, 2.45) is 11.8 Å². The van der Waals surface area contributed by atoms with Crippen LogP contribution in [0, 0.1) is 11.8 Å². The largest absolute Gasteiger partial charge is 0.480 e. The van der Waals surface area contributed by atoms with E-state index in [2.05, 4.69) is 5.32 Å². The lowest BCUT2D eigenvalue weighted by atomic mass is 10.2. The summed E-state index contributed by atoms with van der Waals surface area (Å²) in [5, 5.41) is 11.7. The first kappa shape index (κ1) is 13.8. The number of carbonyl (C=O) groups excluding carboxylic acids is 2. The summed E-state index contributed by atoms with van der Waals surface area (Å²) in [6.45, 7) is 2.82.